The molecule has 90 valence electrons. The van der Waals surface area contributed by atoms with Crippen molar-refractivity contribution < 1.29 is 9.13 Å². The molecule has 3 N–H and O–H groups in total. The Hall–Kier alpha value is -0.680. The maximum atomic E-state index is 13.1. The molecule has 0 amide bonds. The number of nitrogens with one attached hydrogen (secondary N) is 1. The van der Waals surface area contributed by atoms with Crippen LogP contribution in [-0.2, 0) is 4.74 Å². The number of ether oxygens (including phenoxy) is 1. The second-order valence-electron chi connectivity index (χ2n) is 3.52. The zero-order valence-electron chi connectivity index (χ0n) is 9.17. The Bertz CT molecular complexity index is 336. The average Bonchev–Trinajstić information content (AvgIpc) is 2.28. The van der Waals surface area contributed by atoms with E-state index in [0.717, 1.165) is 12.8 Å². The van der Waals surface area contributed by atoms with Crippen molar-refractivity contribution in [3.63, 3.8) is 0 Å². The van der Waals surface area contributed by atoms with Crippen molar-refractivity contribution in [2.75, 3.05) is 13.7 Å². The van der Waals surface area contributed by atoms with E-state index in [9.17, 15) is 4.39 Å². The topological polar surface area (TPSA) is 47.3 Å². The summed E-state index contributed by atoms with van der Waals surface area (Å²) in [5.74, 6) is 5.12. The molecule has 0 spiro atoms. The number of hydrogen-bond donors (Lipinski definition) is 2. The first-order valence-corrected chi connectivity index (χ1v) is 5.47. The van der Waals surface area contributed by atoms with Gasteiger partial charge in [0.1, 0.15) is 5.82 Å². The lowest BCUT2D eigenvalue weighted by Gasteiger charge is -2.17. The molecule has 0 saturated heterocycles. The van der Waals surface area contributed by atoms with Gasteiger partial charge in [-0.2, -0.15) is 0 Å². The Balaban J connectivity index is 2.73. The van der Waals surface area contributed by atoms with Gasteiger partial charge >= 0.3 is 0 Å². The smallest absolute Gasteiger partial charge is 0.123 e. The number of halogens is 2. The van der Waals surface area contributed by atoms with Crippen molar-refractivity contribution in [2.45, 2.75) is 18.9 Å². The Morgan fingerprint density at radius 3 is 2.94 bits per heavy atom. The molecule has 5 heteroatoms. The first-order chi connectivity index (χ1) is 7.69. The quantitative estimate of drug-likeness (QED) is 0.460. The Morgan fingerprint density at radius 2 is 2.31 bits per heavy atom. The summed E-state index contributed by atoms with van der Waals surface area (Å²) in [6.07, 6.45) is 1.58. The van der Waals surface area contributed by atoms with Crippen molar-refractivity contribution >= 4 is 11.6 Å². The van der Waals surface area contributed by atoms with Crippen LogP contribution in [0.2, 0.25) is 5.02 Å². The van der Waals surface area contributed by atoms with Gasteiger partial charge in [-0.05, 0) is 36.6 Å². The predicted octanol–water partition coefficient (Wildman–Crippen LogP) is 2.41. The molecule has 0 heterocycles. The van der Waals surface area contributed by atoms with E-state index in [-0.39, 0.29) is 11.9 Å². The molecule has 1 unspecified atom stereocenters. The molecule has 0 saturated carbocycles. The molecule has 0 aromatic heterocycles. The van der Waals surface area contributed by atoms with Gasteiger partial charge in [-0.15, -0.1) is 0 Å². The molecular formula is C11H16ClFN2O. The number of methoxy groups -OCH3 is 1. The molecule has 0 aliphatic carbocycles. The average molecular weight is 247 g/mol. The molecule has 0 fully saturated rings. The lowest BCUT2D eigenvalue weighted by atomic mass is 10.0. The van der Waals surface area contributed by atoms with Crippen LogP contribution in [0.1, 0.15) is 24.4 Å². The zero-order chi connectivity index (χ0) is 12.0. The summed E-state index contributed by atoms with van der Waals surface area (Å²) in [7, 11) is 1.64. The molecule has 16 heavy (non-hydrogen) atoms. The molecule has 1 rings (SSSR count). The van der Waals surface area contributed by atoms with Crippen molar-refractivity contribution in [1.29, 1.82) is 0 Å². The van der Waals surface area contributed by atoms with Crippen LogP contribution in [0.4, 0.5) is 4.39 Å². The van der Waals surface area contributed by atoms with Crippen LogP contribution in [0.3, 0.4) is 0 Å². The number of hydrogen-bond acceptors (Lipinski definition) is 3. The largest absolute Gasteiger partial charge is 0.385 e. The van der Waals surface area contributed by atoms with Crippen molar-refractivity contribution in [3.05, 3.63) is 34.6 Å². The summed E-state index contributed by atoms with van der Waals surface area (Å²) in [4.78, 5) is 0. The first-order valence-electron chi connectivity index (χ1n) is 5.09. The van der Waals surface area contributed by atoms with Gasteiger partial charge < -0.3 is 4.74 Å². The zero-order valence-corrected chi connectivity index (χ0v) is 9.93. The fourth-order valence-corrected chi connectivity index (χ4v) is 1.79. The Morgan fingerprint density at radius 1 is 1.56 bits per heavy atom. The van der Waals surface area contributed by atoms with Crippen LogP contribution >= 0.6 is 11.6 Å². The Labute approximate surface area is 99.7 Å². The van der Waals surface area contributed by atoms with Crippen molar-refractivity contribution in [2.24, 2.45) is 5.84 Å². The van der Waals surface area contributed by atoms with E-state index in [4.69, 9.17) is 22.2 Å². The standard InChI is InChI=1S/C11H16ClFN2O/c1-16-6-2-3-11(15-14)9-7-8(13)4-5-10(9)12/h4-5,7,11,15H,2-3,6,14H2,1H3. The van der Waals surface area contributed by atoms with Gasteiger partial charge in [0, 0.05) is 24.8 Å². The van der Waals surface area contributed by atoms with Crippen LogP contribution in [0.5, 0.6) is 0 Å². The monoisotopic (exact) mass is 246 g/mol. The summed E-state index contributed by atoms with van der Waals surface area (Å²) < 4.78 is 18.0. The number of rotatable bonds is 6. The molecule has 1 aromatic rings. The summed E-state index contributed by atoms with van der Waals surface area (Å²) in [6.45, 7) is 0.644. The van der Waals surface area contributed by atoms with Crippen LogP contribution in [0.15, 0.2) is 18.2 Å². The van der Waals surface area contributed by atoms with Gasteiger partial charge in [0.15, 0.2) is 0 Å². The molecule has 0 radical (unpaired) electrons. The van der Waals surface area contributed by atoms with E-state index in [2.05, 4.69) is 5.43 Å². The highest BCUT2D eigenvalue weighted by Gasteiger charge is 2.13. The third-order valence-electron chi connectivity index (χ3n) is 2.38. The van der Waals surface area contributed by atoms with Crippen molar-refractivity contribution in [3.8, 4) is 0 Å². The summed E-state index contributed by atoms with van der Waals surface area (Å²) in [5.41, 5.74) is 3.32. The van der Waals surface area contributed by atoms with Gasteiger partial charge in [0.25, 0.3) is 0 Å². The molecule has 0 bridgehead atoms. The van der Waals surface area contributed by atoms with Crippen LogP contribution in [0, 0.1) is 5.82 Å². The van der Waals surface area contributed by atoms with Crippen LogP contribution in [0.25, 0.3) is 0 Å². The first kappa shape index (κ1) is 13.4. The Kier molecular flexibility index (Phi) is 5.69. The maximum Gasteiger partial charge on any atom is 0.123 e. The van der Waals surface area contributed by atoms with Gasteiger partial charge in [-0.3, -0.25) is 11.3 Å². The van der Waals surface area contributed by atoms with Crippen LogP contribution < -0.4 is 11.3 Å². The van der Waals surface area contributed by atoms with Gasteiger partial charge in [-0.1, -0.05) is 11.6 Å². The molecule has 0 aliphatic heterocycles. The fourth-order valence-electron chi connectivity index (χ4n) is 1.54. The highest BCUT2D eigenvalue weighted by Crippen LogP contribution is 2.26. The predicted molar refractivity (Wildman–Crippen MR) is 62.6 cm³/mol. The molecule has 1 aromatic carbocycles. The summed E-state index contributed by atoms with van der Waals surface area (Å²) in [5, 5.41) is 0.516. The van der Waals surface area contributed by atoms with Crippen molar-refractivity contribution in [1.82, 2.24) is 5.43 Å². The minimum absolute atomic E-state index is 0.154. The minimum atomic E-state index is -0.314. The van der Waals surface area contributed by atoms with E-state index in [0.29, 0.717) is 17.2 Å². The lowest BCUT2D eigenvalue weighted by molar-refractivity contribution is 0.189. The normalized spacial score (nSPS) is 12.8. The van der Waals surface area contributed by atoms with Gasteiger partial charge in [-0.25, -0.2) is 4.39 Å². The van der Waals surface area contributed by atoms with E-state index >= 15 is 0 Å². The third-order valence-corrected chi connectivity index (χ3v) is 2.72. The molecule has 1 atom stereocenters. The third kappa shape index (κ3) is 3.72. The molecule has 3 nitrogen and oxygen atoms in total. The second kappa shape index (κ2) is 6.81. The van der Waals surface area contributed by atoms with Gasteiger partial charge in [0.2, 0.25) is 0 Å². The summed E-state index contributed by atoms with van der Waals surface area (Å²) in [6, 6.07) is 4.11. The van der Waals surface area contributed by atoms with E-state index < -0.39 is 0 Å². The van der Waals surface area contributed by atoms with Gasteiger partial charge in [0.05, 0.1) is 0 Å². The number of nitrogens with two attached hydrogens (primary N) is 1. The highest BCUT2D eigenvalue weighted by atomic mass is 35.5. The summed E-state index contributed by atoms with van der Waals surface area (Å²) >= 11 is 5.99. The minimum Gasteiger partial charge on any atom is -0.385 e. The maximum absolute atomic E-state index is 13.1. The molecular weight excluding hydrogens is 231 g/mol. The SMILES string of the molecule is COCCCC(NN)c1cc(F)ccc1Cl. The van der Waals surface area contributed by atoms with E-state index in [1.807, 2.05) is 0 Å². The van der Waals surface area contributed by atoms with E-state index in [1.165, 1.54) is 18.2 Å². The molecule has 0 aliphatic rings. The lowest BCUT2D eigenvalue weighted by Crippen LogP contribution is -2.28. The number of hydrazine groups is 1. The fraction of sp³-hybridized carbons (Fsp3) is 0.455. The van der Waals surface area contributed by atoms with E-state index in [1.54, 1.807) is 7.11 Å². The number of benzene rings is 1. The second-order valence-corrected chi connectivity index (χ2v) is 3.93. The van der Waals surface area contributed by atoms with Crippen LogP contribution in [-0.4, -0.2) is 13.7 Å². The highest BCUT2D eigenvalue weighted by molar-refractivity contribution is 6.31.